The predicted molar refractivity (Wildman–Crippen MR) is 64.1 cm³/mol. The van der Waals surface area contributed by atoms with Crippen LogP contribution in [0.3, 0.4) is 0 Å². The van der Waals surface area contributed by atoms with Crippen LogP contribution in [0.2, 0.25) is 0 Å². The van der Waals surface area contributed by atoms with Gasteiger partial charge in [0.2, 0.25) is 0 Å². The van der Waals surface area contributed by atoms with Gasteiger partial charge in [-0.3, -0.25) is 4.79 Å². The number of hydrogen-bond acceptors (Lipinski definition) is 4. The van der Waals surface area contributed by atoms with Gasteiger partial charge in [-0.05, 0) is 39.7 Å². The molecule has 1 rings (SSSR count). The molecular formula is C12H24N2O2. The molecule has 0 aromatic rings. The van der Waals surface area contributed by atoms with Crippen molar-refractivity contribution in [1.29, 1.82) is 0 Å². The third kappa shape index (κ3) is 3.46. The van der Waals surface area contributed by atoms with Crippen LogP contribution in [0.25, 0.3) is 0 Å². The van der Waals surface area contributed by atoms with E-state index in [1.165, 1.54) is 26.4 Å². The predicted octanol–water partition coefficient (Wildman–Crippen LogP) is 1.14. The van der Waals surface area contributed by atoms with E-state index in [4.69, 9.17) is 10.5 Å². The Hall–Kier alpha value is -0.610. The molecule has 0 amide bonds. The molecule has 2 N–H and O–H groups in total. The fourth-order valence-electron chi connectivity index (χ4n) is 2.20. The Morgan fingerprint density at radius 2 is 2.25 bits per heavy atom. The van der Waals surface area contributed by atoms with E-state index in [0.717, 1.165) is 13.1 Å². The summed E-state index contributed by atoms with van der Waals surface area (Å²) in [4.78, 5) is 13.8. The Morgan fingerprint density at radius 3 is 2.81 bits per heavy atom. The second kappa shape index (κ2) is 5.64. The normalized spacial score (nSPS) is 26.1. The summed E-state index contributed by atoms with van der Waals surface area (Å²) in [5.41, 5.74) is 5.08. The van der Waals surface area contributed by atoms with Crippen molar-refractivity contribution in [2.45, 2.75) is 51.1 Å². The van der Waals surface area contributed by atoms with Crippen LogP contribution in [-0.2, 0) is 9.53 Å². The van der Waals surface area contributed by atoms with Crippen molar-refractivity contribution in [2.75, 3.05) is 20.2 Å². The molecule has 1 heterocycles. The molecule has 0 aromatic carbocycles. The lowest BCUT2D eigenvalue weighted by atomic mass is 9.97. The van der Waals surface area contributed by atoms with Crippen LogP contribution in [0, 0.1) is 0 Å². The van der Waals surface area contributed by atoms with Gasteiger partial charge in [-0.2, -0.15) is 0 Å². The van der Waals surface area contributed by atoms with Crippen LogP contribution in [0.15, 0.2) is 0 Å². The fraction of sp³-hybridized carbons (Fsp3) is 0.917. The van der Waals surface area contributed by atoms with Crippen molar-refractivity contribution in [3.8, 4) is 0 Å². The first-order chi connectivity index (χ1) is 7.47. The highest BCUT2D eigenvalue weighted by Crippen LogP contribution is 2.18. The number of esters is 1. The summed E-state index contributed by atoms with van der Waals surface area (Å²) >= 11 is 0. The van der Waals surface area contributed by atoms with Gasteiger partial charge in [0.25, 0.3) is 0 Å². The zero-order valence-electron chi connectivity index (χ0n) is 10.7. The maximum absolute atomic E-state index is 11.4. The number of methoxy groups -OCH3 is 1. The van der Waals surface area contributed by atoms with Gasteiger partial charge in [-0.1, -0.05) is 6.42 Å². The molecule has 1 saturated heterocycles. The number of ether oxygens (including phenoxy) is 1. The molecule has 0 saturated carbocycles. The van der Waals surface area contributed by atoms with Gasteiger partial charge in [0, 0.05) is 12.6 Å². The second-order valence-corrected chi connectivity index (χ2v) is 5.04. The quantitative estimate of drug-likeness (QED) is 0.733. The third-order valence-corrected chi connectivity index (χ3v) is 3.51. The maximum Gasteiger partial charge on any atom is 0.325 e. The van der Waals surface area contributed by atoms with E-state index in [-0.39, 0.29) is 5.97 Å². The monoisotopic (exact) mass is 228 g/mol. The lowest BCUT2D eigenvalue weighted by molar-refractivity contribution is -0.146. The van der Waals surface area contributed by atoms with Gasteiger partial charge in [0.15, 0.2) is 0 Å². The zero-order chi connectivity index (χ0) is 12.2. The van der Waals surface area contributed by atoms with Gasteiger partial charge in [-0.25, -0.2) is 0 Å². The lowest BCUT2D eigenvalue weighted by Crippen LogP contribution is -2.49. The average molecular weight is 228 g/mol. The van der Waals surface area contributed by atoms with Crippen molar-refractivity contribution in [3.05, 3.63) is 0 Å². The summed E-state index contributed by atoms with van der Waals surface area (Å²) in [6.45, 7) is 5.99. The van der Waals surface area contributed by atoms with E-state index >= 15 is 0 Å². The van der Waals surface area contributed by atoms with Crippen LogP contribution < -0.4 is 5.73 Å². The van der Waals surface area contributed by atoms with Crippen LogP contribution in [0.5, 0.6) is 0 Å². The van der Waals surface area contributed by atoms with E-state index in [1.54, 1.807) is 6.92 Å². The molecule has 0 bridgehead atoms. The van der Waals surface area contributed by atoms with Crippen molar-refractivity contribution in [2.24, 2.45) is 5.73 Å². The molecule has 4 nitrogen and oxygen atoms in total. The molecule has 1 aliphatic rings. The summed E-state index contributed by atoms with van der Waals surface area (Å²) in [7, 11) is 1.39. The topological polar surface area (TPSA) is 55.6 Å². The molecule has 2 atom stereocenters. The van der Waals surface area contributed by atoms with Gasteiger partial charge in [0.1, 0.15) is 5.54 Å². The minimum Gasteiger partial charge on any atom is -0.468 e. The molecule has 2 unspecified atom stereocenters. The van der Waals surface area contributed by atoms with E-state index in [9.17, 15) is 4.79 Å². The molecule has 1 aliphatic heterocycles. The van der Waals surface area contributed by atoms with Crippen LogP contribution in [0.4, 0.5) is 0 Å². The SMILES string of the molecule is COC(=O)C(C)(N)CCN1CCCCC1C. The Morgan fingerprint density at radius 1 is 1.56 bits per heavy atom. The molecule has 16 heavy (non-hydrogen) atoms. The summed E-state index contributed by atoms with van der Waals surface area (Å²) in [5, 5.41) is 0. The number of rotatable bonds is 4. The van der Waals surface area contributed by atoms with Crippen molar-refractivity contribution in [1.82, 2.24) is 4.90 Å². The number of likely N-dealkylation sites (tertiary alicyclic amines) is 1. The first-order valence-electron chi connectivity index (χ1n) is 6.08. The fourth-order valence-corrected chi connectivity index (χ4v) is 2.20. The van der Waals surface area contributed by atoms with Crippen molar-refractivity contribution >= 4 is 5.97 Å². The number of piperidine rings is 1. The first-order valence-corrected chi connectivity index (χ1v) is 6.08. The summed E-state index contributed by atoms with van der Waals surface area (Å²) < 4.78 is 4.70. The van der Waals surface area contributed by atoms with Crippen LogP contribution in [-0.4, -0.2) is 42.6 Å². The lowest BCUT2D eigenvalue weighted by Gasteiger charge is -2.35. The Kier molecular flexibility index (Phi) is 4.74. The Balaban J connectivity index is 2.40. The zero-order valence-corrected chi connectivity index (χ0v) is 10.7. The number of hydrogen-bond donors (Lipinski definition) is 1. The van der Waals surface area contributed by atoms with E-state index < -0.39 is 5.54 Å². The largest absolute Gasteiger partial charge is 0.468 e. The number of nitrogens with zero attached hydrogens (tertiary/aromatic N) is 1. The van der Waals surface area contributed by atoms with Crippen molar-refractivity contribution < 1.29 is 9.53 Å². The molecule has 1 fully saturated rings. The van der Waals surface area contributed by atoms with Gasteiger partial charge < -0.3 is 15.4 Å². The molecule has 0 radical (unpaired) electrons. The van der Waals surface area contributed by atoms with Gasteiger partial charge in [-0.15, -0.1) is 0 Å². The smallest absolute Gasteiger partial charge is 0.325 e. The number of carbonyl (C=O) groups excluding carboxylic acids is 1. The van der Waals surface area contributed by atoms with E-state index in [1.807, 2.05) is 0 Å². The summed E-state index contributed by atoms with van der Waals surface area (Å²) in [6.07, 6.45) is 4.47. The average Bonchev–Trinajstić information content (AvgIpc) is 2.27. The minimum absolute atomic E-state index is 0.322. The van der Waals surface area contributed by atoms with Gasteiger partial charge >= 0.3 is 5.97 Å². The Labute approximate surface area is 98.1 Å². The highest BCUT2D eigenvalue weighted by molar-refractivity contribution is 5.79. The van der Waals surface area contributed by atoms with E-state index in [0.29, 0.717) is 12.5 Å². The molecule has 4 heteroatoms. The maximum atomic E-state index is 11.4. The highest BCUT2D eigenvalue weighted by atomic mass is 16.5. The molecular weight excluding hydrogens is 204 g/mol. The number of nitrogens with two attached hydrogens (primary N) is 1. The summed E-state index contributed by atoms with van der Waals surface area (Å²) in [6, 6.07) is 0.613. The van der Waals surface area contributed by atoms with Gasteiger partial charge in [0.05, 0.1) is 7.11 Å². The molecule has 94 valence electrons. The first kappa shape index (κ1) is 13.5. The summed E-state index contributed by atoms with van der Waals surface area (Å²) in [5.74, 6) is -0.322. The van der Waals surface area contributed by atoms with Crippen LogP contribution >= 0.6 is 0 Å². The molecule has 0 spiro atoms. The minimum atomic E-state index is -0.855. The number of carbonyl (C=O) groups is 1. The third-order valence-electron chi connectivity index (χ3n) is 3.51. The van der Waals surface area contributed by atoms with Crippen LogP contribution in [0.1, 0.15) is 39.5 Å². The second-order valence-electron chi connectivity index (χ2n) is 5.04. The highest BCUT2D eigenvalue weighted by Gasteiger charge is 2.30. The molecule has 0 aliphatic carbocycles. The standard InChI is InChI=1S/C12H24N2O2/c1-10-6-4-5-8-14(10)9-7-12(2,13)11(15)16-3/h10H,4-9,13H2,1-3H3. The van der Waals surface area contributed by atoms with E-state index in [2.05, 4.69) is 11.8 Å². The molecule has 0 aromatic heterocycles. The Bertz CT molecular complexity index is 241. The van der Waals surface area contributed by atoms with Crippen molar-refractivity contribution in [3.63, 3.8) is 0 Å².